The van der Waals surface area contributed by atoms with Gasteiger partial charge in [-0.05, 0) is 6.42 Å². The van der Waals surface area contributed by atoms with E-state index < -0.39 is 23.1 Å². The van der Waals surface area contributed by atoms with E-state index in [0.29, 0.717) is 6.42 Å². The van der Waals surface area contributed by atoms with Crippen LogP contribution in [0.25, 0.3) is 0 Å². The fraction of sp³-hybridized carbons (Fsp3) is 0.875. The van der Waals surface area contributed by atoms with E-state index >= 15 is 0 Å². The van der Waals surface area contributed by atoms with Crippen LogP contribution in [0.1, 0.15) is 84.0 Å². The average molecular weight is 318 g/mol. The molecule has 5 heteroatoms. The summed E-state index contributed by atoms with van der Waals surface area (Å²) in [6, 6.07) is 0. The van der Waals surface area contributed by atoms with Crippen LogP contribution < -0.4 is 0 Å². The van der Waals surface area contributed by atoms with E-state index in [1.54, 1.807) is 0 Å². The van der Waals surface area contributed by atoms with Gasteiger partial charge in [0.15, 0.2) is 0 Å². The molecule has 0 saturated heterocycles. The van der Waals surface area contributed by atoms with Crippen molar-refractivity contribution < 1.29 is 19.8 Å². The van der Waals surface area contributed by atoms with Gasteiger partial charge in [0.1, 0.15) is 4.75 Å². The molecule has 0 fully saturated rings. The van der Waals surface area contributed by atoms with E-state index in [2.05, 4.69) is 19.6 Å². The first-order valence-electron chi connectivity index (χ1n) is 8.10. The van der Waals surface area contributed by atoms with Crippen LogP contribution in [0.2, 0.25) is 0 Å². The highest BCUT2D eigenvalue weighted by atomic mass is 32.1. The molecule has 0 saturated carbocycles. The highest BCUT2D eigenvalue weighted by Gasteiger charge is 2.36. The SMILES string of the molecule is CCCCCCCCCCCCC(S)(CC(=O)O)C(=O)O. The molecule has 0 aromatic carbocycles. The molecular weight excluding hydrogens is 288 g/mol. The zero-order valence-corrected chi connectivity index (χ0v) is 14.0. The molecule has 0 aliphatic rings. The summed E-state index contributed by atoms with van der Waals surface area (Å²) in [6.45, 7) is 2.21. The van der Waals surface area contributed by atoms with Crippen molar-refractivity contribution in [3.8, 4) is 0 Å². The van der Waals surface area contributed by atoms with E-state index in [0.717, 1.165) is 19.3 Å². The number of rotatable bonds is 14. The molecule has 0 aliphatic carbocycles. The monoisotopic (exact) mass is 318 g/mol. The molecule has 2 N–H and O–H groups in total. The highest BCUT2D eigenvalue weighted by molar-refractivity contribution is 7.82. The van der Waals surface area contributed by atoms with Crippen molar-refractivity contribution in [3.63, 3.8) is 0 Å². The lowest BCUT2D eigenvalue weighted by Gasteiger charge is -2.21. The highest BCUT2D eigenvalue weighted by Crippen LogP contribution is 2.27. The quantitative estimate of drug-likeness (QED) is 0.325. The number of hydrogen-bond donors (Lipinski definition) is 3. The number of hydrogen-bond acceptors (Lipinski definition) is 3. The third-order valence-electron chi connectivity index (χ3n) is 3.79. The van der Waals surface area contributed by atoms with E-state index in [4.69, 9.17) is 10.2 Å². The zero-order chi connectivity index (χ0) is 16.1. The van der Waals surface area contributed by atoms with Crippen LogP contribution in [-0.4, -0.2) is 26.9 Å². The fourth-order valence-corrected chi connectivity index (χ4v) is 2.72. The number of carbonyl (C=O) groups is 2. The maximum atomic E-state index is 11.1. The van der Waals surface area contributed by atoms with Crippen LogP contribution in [0.5, 0.6) is 0 Å². The van der Waals surface area contributed by atoms with Gasteiger partial charge in [-0.1, -0.05) is 71.1 Å². The number of carboxylic acid groups (broad SMARTS) is 2. The Hall–Kier alpha value is -0.710. The lowest BCUT2D eigenvalue weighted by atomic mass is 9.96. The predicted molar refractivity (Wildman–Crippen MR) is 88.1 cm³/mol. The Morgan fingerprint density at radius 2 is 1.29 bits per heavy atom. The topological polar surface area (TPSA) is 74.6 Å². The van der Waals surface area contributed by atoms with Gasteiger partial charge in [-0.15, -0.1) is 0 Å². The number of carboxylic acids is 2. The van der Waals surface area contributed by atoms with Crippen LogP contribution in [0, 0.1) is 0 Å². The molecule has 0 amide bonds. The third kappa shape index (κ3) is 10.6. The predicted octanol–water partition coefficient (Wildman–Crippen LogP) is 4.53. The minimum absolute atomic E-state index is 0.314. The molecule has 0 radical (unpaired) electrons. The molecule has 4 nitrogen and oxygen atoms in total. The van der Waals surface area contributed by atoms with Gasteiger partial charge in [0.25, 0.3) is 0 Å². The largest absolute Gasteiger partial charge is 0.481 e. The van der Waals surface area contributed by atoms with Gasteiger partial charge in [0.05, 0.1) is 6.42 Å². The second-order valence-corrected chi connectivity index (χ2v) is 6.70. The Balaban J connectivity index is 3.64. The second kappa shape index (κ2) is 11.9. The standard InChI is InChI=1S/C16H30O4S/c1-2-3-4-5-6-7-8-9-10-11-12-16(21,15(19)20)13-14(17)18/h21H,2-13H2,1H3,(H,17,18)(H,19,20). The summed E-state index contributed by atoms with van der Waals surface area (Å²) in [4.78, 5) is 21.8. The van der Waals surface area contributed by atoms with E-state index in [9.17, 15) is 9.59 Å². The number of aliphatic carboxylic acids is 2. The summed E-state index contributed by atoms with van der Waals surface area (Å²) in [7, 11) is 0. The van der Waals surface area contributed by atoms with Crippen LogP contribution in [0.4, 0.5) is 0 Å². The molecule has 0 aromatic rings. The van der Waals surface area contributed by atoms with Gasteiger partial charge in [0.2, 0.25) is 0 Å². The van der Waals surface area contributed by atoms with Gasteiger partial charge in [-0.25, -0.2) is 0 Å². The molecule has 21 heavy (non-hydrogen) atoms. The van der Waals surface area contributed by atoms with Gasteiger partial charge < -0.3 is 10.2 Å². The van der Waals surface area contributed by atoms with E-state index in [-0.39, 0.29) is 0 Å². The normalized spacial score (nSPS) is 13.8. The zero-order valence-electron chi connectivity index (χ0n) is 13.1. The molecule has 0 aromatic heterocycles. The van der Waals surface area contributed by atoms with Gasteiger partial charge in [-0.2, -0.15) is 12.6 Å². The second-order valence-electron chi connectivity index (χ2n) is 5.84. The summed E-state index contributed by atoms with van der Waals surface area (Å²) in [6.07, 6.45) is 11.6. The molecule has 1 unspecified atom stereocenters. The Kier molecular flexibility index (Phi) is 11.5. The molecule has 1 atom stereocenters. The Morgan fingerprint density at radius 1 is 0.857 bits per heavy atom. The first kappa shape index (κ1) is 20.3. The van der Waals surface area contributed by atoms with Crippen molar-refractivity contribution in [2.24, 2.45) is 0 Å². The van der Waals surface area contributed by atoms with Crippen molar-refractivity contribution in [1.29, 1.82) is 0 Å². The smallest absolute Gasteiger partial charge is 0.320 e. The molecule has 0 rings (SSSR count). The Labute approximate surface area is 133 Å². The molecule has 0 spiro atoms. The van der Waals surface area contributed by atoms with Gasteiger partial charge >= 0.3 is 11.9 Å². The van der Waals surface area contributed by atoms with Gasteiger partial charge in [-0.3, -0.25) is 9.59 Å². The van der Waals surface area contributed by atoms with Crippen molar-refractivity contribution in [2.75, 3.05) is 0 Å². The minimum atomic E-state index is -1.42. The Morgan fingerprint density at radius 3 is 1.67 bits per heavy atom. The van der Waals surface area contributed by atoms with Crippen molar-refractivity contribution >= 4 is 24.6 Å². The Bertz CT molecular complexity index is 307. The average Bonchev–Trinajstić information content (AvgIpc) is 2.40. The van der Waals surface area contributed by atoms with Crippen LogP contribution >= 0.6 is 12.6 Å². The van der Waals surface area contributed by atoms with Crippen LogP contribution in [-0.2, 0) is 9.59 Å². The molecular formula is C16H30O4S. The first-order chi connectivity index (χ1) is 9.92. The van der Waals surface area contributed by atoms with Crippen molar-refractivity contribution in [1.82, 2.24) is 0 Å². The number of unbranched alkanes of at least 4 members (excludes halogenated alkanes) is 9. The maximum Gasteiger partial charge on any atom is 0.320 e. The maximum absolute atomic E-state index is 11.1. The number of thiol groups is 1. The lowest BCUT2D eigenvalue weighted by Crippen LogP contribution is -2.35. The summed E-state index contributed by atoms with van der Waals surface area (Å²) in [5.41, 5.74) is 0. The fourth-order valence-electron chi connectivity index (χ4n) is 2.43. The first-order valence-corrected chi connectivity index (χ1v) is 8.54. The molecule has 124 valence electrons. The minimum Gasteiger partial charge on any atom is -0.481 e. The molecule has 0 heterocycles. The summed E-state index contributed by atoms with van der Waals surface area (Å²) >= 11 is 4.06. The van der Waals surface area contributed by atoms with E-state index in [1.165, 1.54) is 44.9 Å². The lowest BCUT2D eigenvalue weighted by molar-refractivity contribution is -0.146. The third-order valence-corrected chi connectivity index (χ3v) is 4.36. The summed E-state index contributed by atoms with van der Waals surface area (Å²) in [5, 5.41) is 17.8. The summed E-state index contributed by atoms with van der Waals surface area (Å²) < 4.78 is -1.42. The van der Waals surface area contributed by atoms with E-state index in [1.807, 2.05) is 0 Å². The summed E-state index contributed by atoms with van der Waals surface area (Å²) in [5.74, 6) is -2.25. The van der Waals surface area contributed by atoms with Crippen molar-refractivity contribution in [3.05, 3.63) is 0 Å². The van der Waals surface area contributed by atoms with Crippen LogP contribution in [0.3, 0.4) is 0 Å². The molecule has 0 bridgehead atoms. The molecule has 0 aliphatic heterocycles. The van der Waals surface area contributed by atoms with Crippen molar-refractivity contribution in [2.45, 2.75) is 88.7 Å². The van der Waals surface area contributed by atoms with Crippen LogP contribution in [0.15, 0.2) is 0 Å². The van der Waals surface area contributed by atoms with Gasteiger partial charge in [0, 0.05) is 0 Å².